The summed E-state index contributed by atoms with van der Waals surface area (Å²) in [5.74, 6) is -1.29. The lowest BCUT2D eigenvalue weighted by Gasteiger charge is -2.13. The van der Waals surface area contributed by atoms with Crippen LogP contribution in [0.3, 0.4) is 0 Å². The first kappa shape index (κ1) is 16.5. The zero-order valence-corrected chi connectivity index (χ0v) is 12.7. The molecule has 0 atom stereocenters. The highest BCUT2D eigenvalue weighted by molar-refractivity contribution is 6.31. The molecule has 0 heterocycles. The zero-order valence-electron chi connectivity index (χ0n) is 12.0. The van der Waals surface area contributed by atoms with Crippen molar-refractivity contribution >= 4 is 29.1 Å². The molecular formula is C16H11ClNO5-. The number of nitro groups is 1. The van der Waals surface area contributed by atoms with E-state index in [0.717, 1.165) is 6.07 Å². The van der Waals surface area contributed by atoms with Crippen LogP contribution < -0.4 is 9.84 Å². The molecule has 2 aromatic rings. The zero-order chi connectivity index (χ0) is 17.0. The first-order chi connectivity index (χ1) is 10.9. The van der Waals surface area contributed by atoms with Crippen LogP contribution in [0.5, 0.6) is 11.5 Å². The Hall–Kier alpha value is -2.86. The number of ketones is 1. The van der Waals surface area contributed by atoms with E-state index in [-0.39, 0.29) is 11.5 Å². The van der Waals surface area contributed by atoms with Gasteiger partial charge < -0.3 is 9.84 Å². The SMILES string of the molecule is COc1cc(/C=C/C(=O)c2cccc(Cl)c2)cc([N+](=O)[O-])c1[O-]. The molecule has 0 aliphatic carbocycles. The Morgan fingerprint density at radius 3 is 2.65 bits per heavy atom. The van der Waals surface area contributed by atoms with Gasteiger partial charge in [0.2, 0.25) is 0 Å². The van der Waals surface area contributed by atoms with Gasteiger partial charge in [-0.25, -0.2) is 0 Å². The van der Waals surface area contributed by atoms with E-state index in [1.807, 2.05) is 0 Å². The van der Waals surface area contributed by atoms with Gasteiger partial charge in [0.15, 0.2) is 5.78 Å². The van der Waals surface area contributed by atoms with E-state index in [9.17, 15) is 20.0 Å². The molecule has 23 heavy (non-hydrogen) atoms. The maximum atomic E-state index is 12.0. The van der Waals surface area contributed by atoms with Crippen LogP contribution in [-0.4, -0.2) is 17.8 Å². The van der Waals surface area contributed by atoms with Crippen molar-refractivity contribution < 1.29 is 19.6 Å². The van der Waals surface area contributed by atoms with Crippen LogP contribution in [0.1, 0.15) is 15.9 Å². The largest absolute Gasteiger partial charge is 0.865 e. The molecule has 0 bridgehead atoms. The van der Waals surface area contributed by atoms with Crippen molar-refractivity contribution in [3.05, 3.63) is 68.7 Å². The van der Waals surface area contributed by atoms with Gasteiger partial charge >= 0.3 is 0 Å². The molecular weight excluding hydrogens is 322 g/mol. The predicted octanol–water partition coefficient (Wildman–Crippen LogP) is 3.23. The van der Waals surface area contributed by atoms with Gasteiger partial charge in [0, 0.05) is 22.4 Å². The fraction of sp³-hybridized carbons (Fsp3) is 0.0625. The van der Waals surface area contributed by atoms with Gasteiger partial charge in [-0.1, -0.05) is 29.8 Å². The minimum absolute atomic E-state index is 0.158. The summed E-state index contributed by atoms with van der Waals surface area (Å²) in [7, 11) is 1.24. The van der Waals surface area contributed by atoms with Crippen LogP contribution in [0.2, 0.25) is 5.02 Å². The summed E-state index contributed by atoms with van der Waals surface area (Å²) in [6, 6.07) is 8.82. The highest BCUT2D eigenvalue weighted by Gasteiger charge is 2.12. The van der Waals surface area contributed by atoms with Gasteiger partial charge in [0.05, 0.1) is 12.0 Å². The summed E-state index contributed by atoms with van der Waals surface area (Å²) in [5, 5.41) is 23.0. The van der Waals surface area contributed by atoms with Crippen molar-refractivity contribution in [2.24, 2.45) is 0 Å². The van der Waals surface area contributed by atoms with Gasteiger partial charge in [0.1, 0.15) is 5.75 Å². The van der Waals surface area contributed by atoms with Crippen molar-refractivity contribution in [1.29, 1.82) is 0 Å². The maximum absolute atomic E-state index is 12.0. The lowest BCUT2D eigenvalue weighted by Crippen LogP contribution is -2.01. The van der Waals surface area contributed by atoms with E-state index in [1.165, 1.54) is 31.4 Å². The predicted molar refractivity (Wildman–Crippen MR) is 83.9 cm³/mol. The molecule has 0 saturated heterocycles. The third-order valence-electron chi connectivity index (χ3n) is 3.01. The molecule has 0 aliphatic heterocycles. The maximum Gasteiger partial charge on any atom is 0.266 e. The highest BCUT2D eigenvalue weighted by Crippen LogP contribution is 2.34. The average molecular weight is 333 g/mol. The summed E-state index contributed by atoms with van der Waals surface area (Å²) >= 11 is 5.82. The van der Waals surface area contributed by atoms with Gasteiger partial charge in [0.25, 0.3) is 5.69 Å². The fourth-order valence-corrected chi connectivity index (χ4v) is 2.09. The number of hydrogen-bond acceptors (Lipinski definition) is 5. The normalized spacial score (nSPS) is 10.7. The summed E-state index contributed by atoms with van der Waals surface area (Å²) in [4.78, 5) is 22.1. The molecule has 2 aromatic carbocycles. The van der Waals surface area contributed by atoms with Crippen molar-refractivity contribution in [3.63, 3.8) is 0 Å². The molecule has 0 aliphatic rings. The molecule has 2 rings (SSSR count). The molecule has 0 N–H and O–H groups in total. The van der Waals surface area contributed by atoms with Crippen molar-refractivity contribution in [1.82, 2.24) is 0 Å². The second kappa shape index (κ2) is 6.93. The van der Waals surface area contributed by atoms with Crippen molar-refractivity contribution in [2.75, 3.05) is 7.11 Å². The number of benzene rings is 2. The smallest absolute Gasteiger partial charge is 0.266 e. The van der Waals surface area contributed by atoms with Crippen LogP contribution >= 0.6 is 11.6 Å². The monoisotopic (exact) mass is 332 g/mol. The fourth-order valence-electron chi connectivity index (χ4n) is 1.90. The van der Waals surface area contributed by atoms with E-state index >= 15 is 0 Å². The first-order valence-electron chi connectivity index (χ1n) is 6.44. The summed E-state index contributed by atoms with van der Waals surface area (Å²) in [6.45, 7) is 0. The summed E-state index contributed by atoms with van der Waals surface area (Å²) in [6.07, 6.45) is 2.62. The van der Waals surface area contributed by atoms with E-state index in [2.05, 4.69) is 0 Å². The quantitative estimate of drug-likeness (QED) is 0.363. The Labute approximate surface area is 136 Å². The van der Waals surface area contributed by atoms with Crippen LogP contribution in [-0.2, 0) is 0 Å². The highest BCUT2D eigenvalue weighted by atomic mass is 35.5. The summed E-state index contributed by atoms with van der Waals surface area (Å²) < 4.78 is 4.83. The lowest BCUT2D eigenvalue weighted by molar-refractivity contribution is -0.398. The Kier molecular flexibility index (Phi) is 4.98. The van der Waals surface area contributed by atoms with Gasteiger partial charge in [-0.2, -0.15) is 0 Å². The molecule has 0 amide bonds. The lowest BCUT2D eigenvalue weighted by atomic mass is 10.1. The third-order valence-corrected chi connectivity index (χ3v) is 3.25. The molecule has 0 saturated carbocycles. The Bertz CT molecular complexity index is 801. The number of methoxy groups -OCH3 is 1. The molecule has 0 spiro atoms. The number of carbonyl (C=O) groups excluding carboxylic acids is 1. The number of halogens is 1. The molecule has 0 aromatic heterocycles. The topological polar surface area (TPSA) is 92.5 Å². The van der Waals surface area contributed by atoms with Crippen molar-refractivity contribution in [2.45, 2.75) is 0 Å². The van der Waals surface area contributed by atoms with Gasteiger partial charge in [-0.3, -0.25) is 14.9 Å². The molecule has 0 unspecified atom stereocenters. The second-order valence-electron chi connectivity index (χ2n) is 4.54. The van der Waals surface area contributed by atoms with E-state index in [1.54, 1.807) is 18.2 Å². The summed E-state index contributed by atoms with van der Waals surface area (Å²) in [5.41, 5.74) is 0.0818. The second-order valence-corrected chi connectivity index (χ2v) is 4.97. The number of nitrogens with zero attached hydrogens (tertiary/aromatic N) is 1. The minimum Gasteiger partial charge on any atom is -0.865 e. The Balaban J connectivity index is 2.34. The number of nitro benzene ring substituents is 1. The standard InChI is InChI=1S/C16H12ClNO5/c1-23-15-8-10(7-13(16(15)20)18(21)22)5-6-14(19)11-3-2-4-12(17)9-11/h2-9,20H,1H3/p-1/b6-5+. The molecule has 0 radical (unpaired) electrons. The molecule has 7 heteroatoms. The number of carbonyl (C=O) groups is 1. The number of ether oxygens (including phenoxy) is 1. The van der Waals surface area contributed by atoms with Crippen molar-refractivity contribution in [3.8, 4) is 11.5 Å². The van der Waals surface area contributed by atoms with E-state index in [0.29, 0.717) is 16.1 Å². The minimum atomic E-state index is -0.809. The number of rotatable bonds is 5. The molecule has 118 valence electrons. The number of allylic oxidation sites excluding steroid dienone is 1. The molecule has 0 fully saturated rings. The molecule has 6 nitrogen and oxygen atoms in total. The average Bonchev–Trinajstić information content (AvgIpc) is 2.53. The Morgan fingerprint density at radius 2 is 2.04 bits per heavy atom. The Morgan fingerprint density at radius 1 is 1.30 bits per heavy atom. The van der Waals surface area contributed by atoms with Crippen LogP contribution in [0.4, 0.5) is 5.69 Å². The first-order valence-corrected chi connectivity index (χ1v) is 6.81. The number of hydrogen-bond donors (Lipinski definition) is 0. The van der Waals surface area contributed by atoms with Crippen LogP contribution in [0, 0.1) is 10.1 Å². The third kappa shape index (κ3) is 3.87. The van der Waals surface area contributed by atoms with E-state index < -0.39 is 16.4 Å². The van der Waals surface area contributed by atoms with Crippen LogP contribution in [0.25, 0.3) is 6.08 Å². The van der Waals surface area contributed by atoms with Crippen LogP contribution in [0.15, 0.2) is 42.5 Å². The van der Waals surface area contributed by atoms with E-state index in [4.69, 9.17) is 16.3 Å². The van der Waals surface area contributed by atoms with Gasteiger partial charge in [-0.15, -0.1) is 0 Å². The van der Waals surface area contributed by atoms with Gasteiger partial charge in [-0.05, 0) is 29.8 Å².